The predicted octanol–water partition coefficient (Wildman–Crippen LogP) is 4.01. The summed E-state index contributed by atoms with van der Waals surface area (Å²) in [6, 6.07) is 12.1. The second-order valence-electron chi connectivity index (χ2n) is 6.03. The van der Waals surface area contributed by atoms with Crippen molar-refractivity contribution in [1.82, 2.24) is 0 Å². The molecule has 0 atom stereocenters. The van der Waals surface area contributed by atoms with Crippen molar-refractivity contribution in [2.24, 2.45) is 0 Å². The van der Waals surface area contributed by atoms with Gasteiger partial charge in [-0.05, 0) is 28.5 Å². The van der Waals surface area contributed by atoms with E-state index in [4.69, 9.17) is 14.2 Å². The van der Waals surface area contributed by atoms with Gasteiger partial charge in [-0.25, -0.2) is 18.8 Å². The topological polar surface area (TPSA) is 78.9 Å². The second kappa shape index (κ2) is 8.10. The SMILES string of the molecule is COC(=O)c1c(C(=O)OC)c(-c2ccc(F)cc2)c2ccccc2c1C(=O)OC. The molecule has 0 aliphatic rings. The number of halogens is 1. The van der Waals surface area contributed by atoms with E-state index >= 15 is 0 Å². The lowest BCUT2D eigenvalue weighted by atomic mass is 9.85. The summed E-state index contributed by atoms with van der Waals surface area (Å²) in [6.45, 7) is 0. The fraction of sp³-hybridized carbons (Fsp3) is 0.136. The first-order valence-electron chi connectivity index (χ1n) is 8.54. The van der Waals surface area contributed by atoms with Gasteiger partial charge in [0.2, 0.25) is 0 Å². The Labute approximate surface area is 165 Å². The number of carbonyl (C=O) groups is 3. The number of ether oxygens (including phenoxy) is 3. The Morgan fingerprint density at radius 3 is 1.69 bits per heavy atom. The van der Waals surface area contributed by atoms with Crippen LogP contribution in [0.4, 0.5) is 4.39 Å². The average molecular weight is 396 g/mol. The number of fused-ring (bicyclic) bond motifs is 1. The predicted molar refractivity (Wildman–Crippen MR) is 103 cm³/mol. The summed E-state index contributed by atoms with van der Waals surface area (Å²) in [5.74, 6) is -3.02. The normalized spacial score (nSPS) is 10.5. The van der Waals surface area contributed by atoms with E-state index < -0.39 is 23.7 Å². The zero-order chi connectivity index (χ0) is 21.1. The molecule has 0 spiro atoms. The van der Waals surface area contributed by atoms with Gasteiger partial charge in [-0.2, -0.15) is 0 Å². The molecule has 0 unspecified atom stereocenters. The lowest BCUT2D eigenvalue weighted by Gasteiger charge is -2.19. The molecule has 148 valence electrons. The molecule has 0 bridgehead atoms. The number of benzene rings is 3. The van der Waals surface area contributed by atoms with E-state index in [0.717, 1.165) is 14.2 Å². The zero-order valence-corrected chi connectivity index (χ0v) is 15.9. The summed E-state index contributed by atoms with van der Waals surface area (Å²) >= 11 is 0. The summed E-state index contributed by atoms with van der Waals surface area (Å²) in [5, 5.41) is 0.874. The summed E-state index contributed by atoms with van der Waals surface area (Å²) in [7, 11) is 3.46. The van der Waals surface area contributed by atoms with Crippen molar-refractivity contribution >= 4 is 28.7 Å². The van der Waals surface area contributed by atoms with Crippen LogP contribution in [0.15, 0.2) is 48.5 Å². The molecule has 0 saturated carbocycles. The molecule has 6 nitrogen and oxygen atoms in total. The Kier molecular flexibility index (Phi) is 5.59. The summed E-state index contributed by atoms with van der Waals surface area (Å²) in [4.78, 5) is 38.0. The highest BCUT2D eigenvalue weighted by molar-refractivity contribution is 6.23. The smallest absolute Gasteiger partial charge is 0.339 e. The molecule has 0 heterocycles. The highest BCUT2D eigenvalue weighted by Crippen LogP contribution is 2.38. The third-order valence-electron chi connectivity index (χ3n) is 4.52. The number of methoxy groups -OCH3 is 3. The highest BCUT2D eigenvalue weighted by Gasteiger charge is 2.33. The Morgan fingerprint density at radius 2 is 1.14 bits per heavy atom. The van der Waals surface area contributed by atoms with Gasteiger partial charge in [0.05, 0.1) is 38.0 Å². The van der Waals surface area contributed by atoms with Crippen LogP contribution in [-0.2, 0) is 14.2 Å². The third-order valence-corrected chi connectivity index (χ3v) is 4.52. The molecule has 0 aliphatic carbocycles. The van der Waals surface area contributed by atoms with Gasteiger partial charge in [0.25, 0.3) is 0 Å². The Morgan fingerprint density at radius 1 is 0.655 bits per heavy atom. The molecule has 3 rings (SSSR count). The molecule has 0 saturated heterocycles. The minimum Gasteiger partial charge on any atom is -0.465 e. The summed E-state index contributed by atoms with van der Waals surface area (Å²) < 4.78 is 28.1. The molecule has 0 radical (unpaired) electrons. The van der Waals surface area contributed by atoms with Crippen molar-refractivity contribution in [2.45, 2.75) is 0 Å². The van der Waals surface area contributed by atoms with Crippen LogP contribution in [0, 0.1) is 5.82 Å². The van der Waals surface area contributed by atoms with Gasteiger partial charge in [-0.3, -0.25) is 0 Å². The largest absolute Gasteiger partial charge is 0.465 e. The van der Waals surface area contributed by atoms with Crippen LogP contribution in [0.3, 0.4) is 0 Å². The van der Waals surface area contributed by atoms with Crippen LogP contribution in [0.1, 0.15) is 31.1 Å². The highest BCUT2D eigenvalue weighted by atomic mass is 19.1. The van der Waals surface area contributed by atoms with E-state index in [1.54, 1.807) is 24.3 Å². The number of carbonyl (C=O) groups excluding carboxylic acids is 3. The molecule has 3 aromatic carbocycles. The maximum Gasteiger partial charge on any atom is 0.339 e. The lowest BCUT2D eigenvalue weighted by Crippen LogP contribution is -2.20. The molecule has 0 N–H and O–H groups in total. The van der Waals surface area contributed by atoms with Crippen molar-refractivity contribution in [2.75, 3.05) is 21.3 Å². The van der Waals surface area contributed by atoms with Gasteiger partial charge in [0.1, 0.15) is 5.82 Å². The van der Waals surface area contributed by atoms with Crippen LogP contribution < -0.4 is 0 Å². The number of rotatable bonds is 4. The van der Waals surface area contributed by atoms with Crippen LogP contribution in [-0.4, -0.2) is 39.2 Å². The minimum absolute atomic E-state index is 0.110. The zero-order valence-electron chi connectivity index (χ0n) is 15.9. The van der Waals surface area contributed by atoms with Crippen molar-refractivity contribution < 1.29 is 33.0 Å². The lowest BCUT2D eigenvalue weighted by molar-refractivity contribution is 0.0537. The Hall–Kier alpha value is -3.74. The fourth-order valence-electron chi connectivity index (χ4n) is 3.28. The van der Waals surface area contributed by atoms with E-state index in [1.165, 1.54) is 31.4 Å². The molecule has 29 heavy (non-hydrogen) atoms. The number of esters is 3. The quantitative estimate of drug-likeness (QED) is 0.490. The summed E-state index contributed by atoms with van der Waals surface area (Å²) in [5.41, 5.74) is 0.237. The summed E-state index contributed by atoms with van der Waals surface area (Å²) in [6.07, 6.45) is 0. The van der Waals surface area contributed by atoms with E-state index in [9.17, 15) is 18.8 Å². The Balaban J connectivity index is 2.62. The van der Waals surface area contributed by atoms with Gasteiger partial charge in [-0.15, -0.1) is 0 Å². The molecule has 0 aliphatic heterocycles. The van der Waals surface area contributed by atoms with E-state index in [1.807, 2.05) is 0 Å². The molecule has 0 fully saturated rings. The number of hydrogen-bond donors (Lipinski definition) is 0. The van der Waals surface area contributed by atoms with Crippen LogP contribution in [0.25, 0.3) is 21.9 Å². The number of hydrogen-bond acceptors (Lipinski definition) is 6. The van der Waals surface area contributed by atoms with Crippen molar-refractivity contribution in [3.05, 3.63) is 71.0 Å². The minimum atomic E-state index is -0.903. The monoisotopic (exact) mass is 396 g/mol. The maximum absolute atomic E-state index is 13.5. The van der Waals surface area contributed by atoms with Crippen molar-refractivity contribution in [3.63, 3.8) is 0 Å². The Bertz CT molecular complexity index is 1120. The van der Waals surface area contributed by atoms with Crippen molar-refractivity contribution in [1.29, 1.82) is 0 Å². The van der Waals surface area contributed by atoms with Gasteiger partial charge in [0, 0.05) is 5.56 Å². The maximum atomic E-state index is 13.5. The van der Waals surface area contributed by atoms with Crippen LogP contribution in [0.5, 0.6) is 0 Å². The molecule has 7 heteroatoms. The van der Waals surface area contributed by atoms with E-state index in [0.29, 0.717) is 21.9 Å². The van der Waals surface area contributed by atoms with Gasteiger partial charge >= 0.3 is 17.9 Å². The second-order valence-corrected chi connectivity index (χ2v) is 6.03. The average Bonchev–Trinajstić information content (AvgIpc) is 2.76. The molecular weight excluding hydrogens is 379 g/mol. The third kappa shape index (κ3) is 3.42. The first-order valence-corrected chi connectivity index (χ1v) is 8.54. The van der Waals surface area contributed by atoms with Crippen molar-refractivity contribution in [3.8, 4) is 11.1 Å². The van der Waals surface area contributed by atoms with Crippen LogP contribution in [0.2, 0.25) is 0 Å². The molecule has 0 amide bonds. The molecular formula is C22H17FO6. The van der Waals surface area contributed by atoms with Gasteiger partial charge in [-0.1, -0.05) is 36.4 Å². The van der Waals surface area contributed by atoms with E-state index in [2.05, 4.69) is 0 Å². The van der Waals surface area contributed by atoms with Gasteiger partial charge < -0.3 is 14.2 Å². The first-order chi connectivity index (χ1) is 13.9. The first kappa shape index (κ1) is 20.0. The van der Waals surface area contributed by atoms with Gasteiger partial charge in [0.15, 0.2) is 0 Å². The fourth-order valence-corrected chi connectivity index (χ4v) is 3.28. The van der Waals surface area contributed by atoms with E-state index in [-0.39, 0.29) is 16.7 Å². The van der Waals surface area contributed by atoms with Crippen LogP contribution >= 0.6 is 0 Å². The standard InChI is InChI=1S/C22H17FO6/c1-27-20(24)17-15-7-5-4-6-14(15)16(12-8-10-13(23)11-9-12)18(21(25)28-2)19(17)22(26)29-3/h4-11H,1-3H3. The molecule has 3 aromatic rings. The molecule has 0 aromatic heterocycles.